The predicted molar refractivity (Wildman–Crippen MR) is 84.7 cm³/mol. The molecule has 1 amide bonds. The Morgan fingerprint density at radius 3 is 2.90 bits per heavy atom. The molecule has 1 aliphatic rings. The van der Waals surface area contributed by atoms with Gasteiger partial charge >= 0.3 is 0 Å². The highest BCUT2D eigenvalue weighted by Crippen LogP contribution is 2.29. The second kappa shape index (κ2) is 5.62. The number of hydrogen-bond acceptors (Lipinski definition) is 2. The molecule has 1 aliphatic heterocycles. The number of halogens is 1. The molecule has 3 nitrogen and oxygen atoms in total. The molecule has 0 aromatic heterocycles. The van der Waals surface area contributed by atoms with E-state index in [1.165, 1.54) is 0 Å². The number of benzene rings is 2. The third-order valence-electron chi connectivity index (χ3n) is 3.25. The molecule has 0 radical (unpaired) electrons. The van der Waals surface area contributed by atoms with E-state index in [9.17, 15) is 4.79 Å². The fourth-order valence-electron chi connectivity index (χ4n) is 2.20. The van der Waals surface area contributed by atoms with Crippen LogP contribution in [0.2, 0.25) is 5.02 Å². The van der Waals surface area contributed by atoms with Crippen LogP contribution in [-0.2, 0) is 4.79 Å². The molecule has 0 bridgehead atoms. The molecular weight excluding hydrogens is 286 g/mol. The molecule has 106 valence electrons. The first-order chi connectivity index (χ1) is 10.1. The molecule has 1 heterocycles. The molecule has 0 fully saturated rings. The van der Waals surface area contributed by atoms with Gasteiger partial charge < -0.3 is 10.1 Å². The Bertz CT molecular complexity index is 737. The number of anilines is 1. The highest BCUT2D eigenvalue weighted by atomic mass is 35.5. The maximum absolute atomic E-state index is 12.3. The molecule has 4 heteroatoms. The first kappa shape index (κ1) is 13.7. The third-order valence-corrected chi connectivity index (χ3v) is 3.48. The minimum atomic E-state index is -0.153. The molecule has 0 saturated carbocycles. The van der Waals surface area contributed by atoms with Gasteiger partial charge in [0.2, 0.25) is 0 Å². The second-order valence-corrected chi connectivity index (χ2v) is 5.40. The van der Waals surface area contributed by atoms with Crippen molar-refractivity contribution in [2.24, 2.45) is 0 Å². The van der Waals surface area contributed by atoms with Crippen molar-refractivity contribution in [3.8, 4) is 5.75 Å². The summed E-state index contributed by atoms with van der Waals surface area (Å²) in [7, 11) is 0. The zero-order chi connectivity index (χ0) is 14.8. The minimum Gasteiger partial charge on any atom is -0.487 e. The van der Waals surface area contributed by atoms with Crippen LogP contribution in [0, 0.1) is 6.92 Å². The van der Waals surface area contributed by atoms with E-state index in [2.05, 4.69) is 5.32 Å². The van der Waals surface area contributed by atoms with E-state index in [-0.39, 0.29) is 12.5 Å². The fourth-order valence-corrected chi connectivity index (χ4v) is 2.39. The number of amides is 1. The van der Waals surface area contributed by atoms with Crippen molar-refractivity contribution in [2.75, 3.05) is 11.9 Å². The number of hydrogen-bond donors (Lipinski definition) is 1. The summed E-state index contributed by atoms with van der Waals surface area (Å²) < 4.78 is 5.70. The molecule has 2 aromatic rings. The zero-order valence-electron chi connectivity index (χ0n) is 11.5. The summed E-state index contributed by atoms with van der Waals surface area (Å²) in [5.41, 5.74) is 3.21. The van der Waals surface area contributed by atoms with E-state index in [0.717, 1.165) is 11.1 Å². The average Bonchev–Trinajstić information content (AvgIpc) is 2.58. The van der Waals surface area contributed by atoms with E-state index in [0.29, 0.717) is 22.0 Å². The highest BCUT2D eigenvalue weighted by Gasteiger charge is 2.18. The maximum atomic E-state index is 12.3. The molecule has 0 saturated heterocycles. The lowest BCUT2D eigenvalue weighted by molar-refractivity contribution is -0.112. The summed E-state index contributed by atoms with van der Waals surface area (Å²) >= 11 is 5.96. The fraction of sp³-hybridized carbons (Fsp3) is 0.118. The summed E-state index contributed by atoms with van der Waals surface area (Å²) in [6.45, 7) is 2.20. The standard InChI is InChI=1S/C17H14ClNO2/c1-11-5-6-16-15(7-11)19-17(20)13(10-21-16)8-12-3-2-4-14(18)9-12/h2-9H,10H2,1H3,(H,19,20)/b13-8+. The van der Waals surface area contributed by atoms with Crippen molar-refractivity contribution in [1.82, 2.24) is 0 Å². The van der Waals surface area contributed by atoms with Gasteiger partial charge in [-0.2, -0.15) is 0 Å². The molecule has 0 atom stereocenters. The van der Waals surface area contributed by atoms with Crippen LogP contribution in [-0.4, -0.2) is 12.5 Å². The Labute approximate surface area is 128 Å². The Hall–Kier alpha value is -2.26. The Balaban J connectivity index is 1.92. The molecule has 21 heavy (non-hydrogen) atoms. The van der Waals surface area contributed by atoms with Crippen LogP contribution >= 0.6 is 11.6 Å². The molecule has 0 spiro atoms. The molecule has 0 aliphatic carbocycles. The number of fused-ring (bicyclic) bond motifs is 1. The Morgan fingerprint density at radius 2 is 2.10 bits per heavy atom. The van der Waals surface area contributed by atoms with Gasteiger partial charge in [-0.3, -0.25) is 4.79 Å². The number of nitrogens with one attached hydrogen (secondary N) is 1. The van der Waals surface area contributed by atoms with Gasteiger partial charge in [0.25, 0.3) is 5.91 Å². The van der Waals surface area contributed by atoms with Crippen molar-refractivity contribution in [3.05, 3.63) is 64.2 Å². The average molecular weight is 300 g/mol. The lowest BCUT2D eigenvalue weighted by atomic mass is 10.1. The predicted octanol–water partition coefficient (Wildman–Crippen LogP) is 4.06. The molecule has 3 rings (SSSR count). The number of carbonyl (C=O) groups excluding carboxylic acids is 1. The van der Waals surface area contributed by atoms with Gasteiger partial charge in [0, 0.05) is 5.02 Å². The van der Waals surface area contributed by atoms with E-state index < -0.39 is 0 Å². The van der Waals surface area contributed by atoms with Crippen molar-refractivity contribution >= 4 is 29.3 Å². The van der Waals surface area contributed by atoms with Crippen LogP contribution in [0.15, 0.2) is 48.0 Å². The largest absolute Gasteiger partial charge is 0.487 e. The minimum absolute atomic E-state index is 0.153. The van der Waals surface area contributed by atoms with Gasteiger partial charge in [-0.05, 0) is 48.4 Å². The molecule has 0 unspecified atom stereocenters. The van der Waals surface area contributed by atoms with Crippen LogP contribution in [0.1, 0.15) is 11.1 Å². The van der Waals surface area contributed by atoms with Gasteiger partial charge in [-0.15, -0.1) is 0 Å². The van der Waals surface area contributed by atoms with Crippen molar-refractivity contribution in [2.45, 2.75) is 6.92 Å². The quantitative estimate of drug-likeness (QED) is 0.806. The number of ether oxygens (including phenoxy) is 1. The zero-order valence-corrected chi connectivity index (χ0v) is 12.3. The number of aryl methyl sites for hydroxylation is 1. The van der Waals surface area contributed by atoms with Crippen molar-refractivity contribution in [1.29, 1.82) is 0 Å². The summed E-state index contributed by atoms with van der Waals surface area (Å²) in [4.78, 5) is 12.3. The summed E-state index contributed by atoms with van der Waals surface area (Å²) in [6.07, 6.45) is 1.79. The van der Waals surface area contributed by atoms with Crippen LogP contribution in [0.5, 0.6) is 5.75 Å². The van der Waals surface area contributed by atoms with Gasteiger partial charge in [-0.1, -0.05) is 29.8 Å². The van der Waals surface area contributed by atoms with E-state index >= 15 is 0 Å². The van der Waals surface area contributed by atoms with Gasteiger partial charge in [0.1, 0.15) is 12.4 Å². The highest BCUT2D eigenvalue weighted by molar-refractivity contribution is 6.30. The normalized spacial score (nSPS) is 15.9. The summed E-state index contributed by atoms with van der Waals surface area (Å²) in [6, 6.07) is 13.1. The number of carbonyl (C=O) groups is 1. The van der Waals surface area contributed by atoms with Crippen LogP contribution < -0.4 is 10.1 Å². The molecule has 2 aromatic carbocycles. The maximum Gasteiger partial charge on any atom is 0.255 e. The van der Waals surface area contributed by atoms with Crippen LogP contribution in [0.25, 0.3) is 6.08 Å². The van der Waals surface area contributed by atoms with Crippen LogP contribution in [0.4, 0.5) is 5.69 Å². The topological polar surface area (TPSA) is 38.3 Å². The lowest BCUT2D eigenvalue weighted by Crippen LogP contribution is -2.15. The first-order valence-corrected chi connectivity index (χ1v) is 7.00. The van der Waals surface area contributed by atoms with Crippen LogP contribution in [0.3, 0.4) is 0 Å². The first-order valence-electron chi connectivity index (χ1n) is 6.63. The van der Waals surface area contributed by atoms with Gasteiger partial charge in [0.05, 0.1) is 11.3 Å². The Kier molecular flexibility index (Phi) is 3.67. The monoisotopic (exact) mass is 299 g/mol. The van der Waals surface area contributed by atoms with E-state index in [1.54, 1.807) is 12.1 Å². The Morgan fingerprint density at radius 1 is 1.24 bits per heavy atom. The SMILES string of the molecule is Cc1ccc2c(c1)NC(=O)/C(=C/c1cccc(Cl)c1)CO2. The lowest BCUT2D eigenvalue weighted by Gasteiger charge is -2.06. The molecule has 1 N–H and O–H groups in total. The van der Waals surface area contributed by atoms with E-state index in [1.807, 2.05) is 43.3 Å². The van der Waals surface area contributed by atoms with E-state index in [4.69, 9.17) is 16.3 Å². The van der Waals surface area contributed by atoms with Crippen molar-refractivity contribution in [3.63, 3.8) is 0 Å². The second-order valence-electron chi connectivity index (χ2n) is 4.97. The third kappa shape index (κ3) is 3.09. The van der Waals surface area contributed by atoms with Crippen molar-refractivity contribution < 1.29 is 9.53 Å². The summed E-state index contributed by atoms with van der Waals surface area (Å²) in [5, 5.41) is 3.52. The summed E-state index contributed by atoms with van der Waals surface area (Å²) in [5.74, 6) is 0.530. The molecular formula is C17H14ClNO2. The van der Waals surface area contributed by atoms with Gasteiger partial charge in [0.15, 0.2) is 0 Å². The number of rotatable bonds is 1. The smallest absolute Gasteiger partial charge is 0.255 e. The van der Waals surface area contributed by atoms with Gasteiger partial charge in [-0.25, -0.2) is 0 Å².